The fraction of sp³-hybridized carbons (Fsp3) is 0.269. The van der Waals surface area contributed by atoms with Crippen LogP contribution in [0.15, 0.2) is 84.9 Å². The van der Waals surface area contributed by atoms with Gasteiger partial charge in [-0.15, -0.1) is 0 Å². The second kappa shape index (κ2) is 11.2. The Hall–Kier alpha value is -3.11. The van der Waals surface area contributed by atoms with Gasteiger partial charge in [-0.25, -0.2) is 0 Å². The van der Waals surface area contributed by atoms with Gasteiger partial charge in [-0.1, -0.05) is 60.7 Å². The highest BCUT2D eigenvalue weighted by Gasteiger charge is 2.14. The smallest absolute Gasteiger partial charge is 0.221 e. The lowest BCUT2D eigenvalue weighted by Gasteiger charge is -2.20. The van der Waals surface area contributed by atoms with Gasteiger partial charge in [0.1, 0.15) is 12.4 Å². The van der Waals surface area contributed by atoms with Crippen molar-refractivity contribution in [3.8, 4) is 5.75 Å². The zero-order valence-electron chi connectivity index (χ0n) is 17.7. The van der Waals surface area contributed by atoms with E-state index in [1.165, 1.54) is 18.1 Å². The Morgan fingerprint density at radius 2 is 1.43 bits per heavy atom. The van der Waals surface area contributed by atoms with E-state index in [0.717, 1.165) is 24.4 Å². The number of hydrogen-bond acceptors (Lipinski definition) is 3. The van der Waals surface area contributed by atoms with Gasteiger partial charge >= 0.3 is 0 Å². The van der Waals surface area contributed by atoms with Crippen LogP contribution in [0.4, 0.5) is 5.69 Å². The first-order valence-electron chi connectivity index (χ1n) is 10.5. The molecule has 156 valence electrons. The van der Waals surface area contributed by atoms with Crippen LogP contribution in [0.25, 0.3) is 0 Å². The average Bonchev–Trinajstić information content (AvgIpc) is 2.77. The molecule has 1 atom stereocenters. The molecule has 0 aliphatic rings. The normalized spacial score (nSPS) is 11.8. The van der Waals surface area contributed by atoms with E-state index in [2.05, 4.69) is 78.2 Å². The molecule has 0 radical (unpaired) electrons. The number of carbonyl (C=O) groups is 1. The minimum Gasteiger partial charge on any atom is -0.492 e. The molecule has 4 heteroatoms. The van der Waals surface area contributed by atoms with Gasteiger partial charge in [-0.05, 0) is 55.3 Å². The van der Waals surface area contributed by atoms with Crippen molar-refractivity contribution in [2.75, 3.05) is 18.5 Å². The second-order valence-corrected chi connectivity index (χ2v) is 7.53. The number of rotatable bonds is 10. The fourth-order valence-corrected chi connectivity index (χ4v) is 3.49. The summed E-state index contributed by atoms with van der Waals surface area (Å²) in [5, 5.41) is 6.33. The Bertz CT molecular complexity index is 856. The van der Waals surface area contributed by atoms with Crippen molar-refractivity contribution in [3.05, 3.63) is 96.1 Å². The quantitative estimate of drug-likeness (QED) is 0.489. The van der Waals surface area contributed by atoms with E-state index in [-0.39, 0.29) is 11.9 Å². The predicted octanol–water partition coefficient (Wildman–Crippen LogP) is 5.22. The molecule has 4 nitrogen and oxygen atoms in total. The van der Waals surface area contributed by atoms with Crippen LogP contribution in [0.2, 0.25) is 0 Å². The molecule has 0 aromatic heterocycles. The predicted molar refractivity (Wildman–Crippen MR) is 123 cm³/mol. The lowest BCUT2D eigenvalue weighted by atomic mass is 9.88. The summed E-state index contributed by atoms with van der Waals surface area (Å²) < 4.78 is 5.88. The zero-order valence-corrected chi connectivity index (χ0v) is 17.7. The van der Waals surface area contributed by atoms with E-state index < -0.39 is 0 Å². The summed E-state index contributed by atoms with van der Waals surface area (Å²) >= 11 is 0. The highest BCUT2D eigenvalue weighted by molar-refractivity contribution is 5.88. The van der Waals surface area contributed by atoms with Crippen molar-refractivity contribution in [1.29, 1.82) is 0 Å². The van der Waals surface area contributed by atoms with Crippen molar-refractivity contribution in [1.82, 2.24) is 5.32 Å². The van der Waals surface area contributed by atoms with Crippen LogP contribution in [-0.2, 0) is 4.79 Å². The molecule has 0 saturated heterocycles. The maximum absolute atomic E-state index is 11.1. The van der Waals surface area contributed by atoms with Crippen LogP contribution in [-0.4, -0.2) is 25.1 Å². The summed E-state index contributed by atoms with van der Waals surface area (Å²) in [4.78, 5) is 11.1. The summed E-state index contributed by atoms with van der Waals surface area (Å²) in [6.07, 6.45) is 1.02. The Balaban J connectivity index is 1.48. The van der Waals surface area contributed by atoms with Gasteiger partial charge in [0.15, 0.2) is 0 Å². The molecule has 0 bridgehead atoms. The molecule has 30 heavy (non-hydrogen) atoms. The van der Waals surface area contributed by atoms with Gasteiger partial charge in [0.05, 0.1) is 0 Å². The van der Waals surface area contributed by atoms with Gasteiger partial charge in [0.2, 0.25) is 5.91 Å². The number of hydrogen-bond donors (Lipinski definition) is 2. The summed E-state index contributed by atoms with van der Waals surface area (Å²) in [6.45, 7) is 5.12. The summed E-state index contributed by atoms with van der Waals surface area (Å²) in [5.74, 6) is 1.09. The van der Waals surface area contributed by atoms with E-state index in [1.54, 1.807) is 0 Å². The van der Waals surface area contributed by atoms with Crippen molar-refractivity contribution in [2.45, 2.75) is 32.2 Å². The number of amides is 1. The zero-order chi connectivity index (χ0) is 21.2. The average molecular weight is 403 g/mol. The van der Waals surface area contributed by atoms with Crippen LogP contribution in [0.5, 0.6) is 5.75 Å². The fourth-order valence-electron chi connectivity index (χ4n) is 3.49. The molecule has 3 aromatic rings. The third-order valence-corrected chi connectivity index (χ3v) is 5.00. The number of benzene rings is 3. The van der Waals surface area contributed by atoms with Crippen LogP contribution in [0.1, 0.15) is 37.3 Å². The molecule has 1 amide bonds. The largest absolute Gasteiger partial charge is 0.492 e. The van der Waals surface area contributed by atoms with Gasteiger partial charge in [0.25, 0.3) is 0 Å². The molecule has 2 N–H and O–H groups in total. The minimum absolute atomic E-state index is 0.0780. The molecule has 0 spiro atoms. The van der Waals surface area contributed by atoms with Crippen LogP contribution in [0, 0.1) is 0 Å². The van der Waals surface area contributed by atoms with Gasteiger partial charge in [-0.2, -0.15) is 0 Å². The van der Waals surface area contributed by atoms with Crippen molar-refractivity contribution in [3.63, 3.8) is 0 Å². The Morgan fingerprint density at radius 3 is 1.97 bits per heavy atom. The maximum Gasteiger partial charge on any atom is 0.221 e. The Labute approximate surface area is 179 Å². The minimum atomic E-state index is -0.0780. The van der Waals surface area contributed by atoms with Crippen LogP contribution in [0.3, 0.4) is 0 Å². The third kappa shape index (κ3) is 6.75. The number of carbonyl (C=O) groups excluding carboxylic acids is 1. The molecule has 0 aliphatic carbocycles. The summed E-state index contributed by atoms with van der Waals surface area (Å²) in [5.41, 5.74) is 3.45. The lowest BCUT2D eigenvalue weighted by Crippen LogP contribution is -2.33. The summed E-state index contributed by atoms with van der Waals surface area (Å²) in [6, 6.07) is 29.0. The third-order valence-electron chi connectivity index (χ3n) is 5.00. The molecule has 0 aliphatic heterocycles. The van der Waals surface area contributed by atoms with Gasteiger partial charge in [-0.3, -0.25) is 4.79 Å². The molecule has 3 rings (SSSR count). The summed E-state index contributed by atoms with van der Waals surface area (Å²) in [7, 11) is 0. The van der Waals surface area contributed by atoms with Crippen molar-refractivity contribution < 1.29 is 9.53 Å². The van der Waals surface area contributed by atoms with E-state index in [0.29, 0.717) is 12.5 Å². The van der Waals surface area contributed by atoms with Crippen molar-refractivity contribution in [2.24, 2.45) is 0 Å². The topological polar surface area (TPSA) is 50.4 Å². The molecule has 3 aromatic carbocycles. The van der Waals surface area contributed by atoms with E-state index in [9.17, 15) is 4.79 Å². The standard InChI is InChI=1S/C26H30N2O2/c1-20(19-30-25-15-13-24(14-16-25)28-21(2)29)27-18-17-26(22-9-5-3-6-10-22)23-11-7-4-8-12-23/h3-16,20,26-27H,17-19H2,1-2H3,(H,28,29)/t20-/m1/s1. The highest BCUT2D eigenvalue weighted by Crippen LogP contribution is 2.27. The first-order chi connectivity index (χ1) is 14.6. The van der Waals surface area contributed by atoms with E-state index >= 15 is 0 Å². The monoisotopic (exact) mass is 402 g/mol. The van der Waals surface area contributed by atoms with Gasteiger partial charge < -0.3 is 15.4 Å². The lowest BCUT2D eigenvalue weighted by molar-refractivity contribution is -0.114. The van der Waals surface area contributed by atoms with Crippen molar-refractivity contribution >= 4 is 11.6 Å². The first kappa shape index (κ1) is 21.6. The van der Waals surface area contributed by atoms with Gasteiger partial charge in [0, 0.05) is 24.6 Å². The molecular formula is C26H30N2O2. The molecule has 0 unspecified atom stereocenters. The SMILES string of the molecule is CC(=O)Nc1ccc(OC[C@@H](C)NCCC(c2ccccc2)c2ccccc2)cc1. The van der Waals surface area contributed by atoms with E-state index in [4.69, 9.17) is 4.74 Å². The number of ether oxygens (including phenoxy) is 1. The van der Waals surface area contributed by atoms with Crippen LogP contribution >= 0.6 is 0 Å². The molecule has 0 fully saturated rings. The van der Waals surface area contributed by atoms with E-state index in [1.807, 2.05) is 24.3 Å². The molecular weight excluding hydrogens is 372 g/mol. The first-order valence-corrected chi connectivity index (χ1v) is 10.5. The maximum atomic E-state index is 11.1. The molecule has 0 heterocycles. The molecule has 0 saturated carbocycles. The Kier molecular flexibility index (Phi) is 8.04. The Morgan fingerprint density at radius 1 is 0.867 bits per heavy atom. The number of nitrogens with one attached hydrogen (secondary N) is 2. The van der Waals surface area contributed by atoms with Crippen LogP contribution < -0.4 is 15.4 Å². The number of anilines is 1. The highest BCUT2D eigenvalue weighted by atomic mass is 16.5. The second-order valence-electron chi connectivity index (χ2n) is 7.53.